The molecule has 2 rings (SSSR count). The molecule has 1 aromatic carbocycles. The lowest BCUT2D eigenvalue weighted by Crippen LogP contribution is -1.90. The Labute approximate surface area is 93.1 Å². The van der Waals surface area contributed by atoms with E-state index in [1.807, 2.05) is 30.3 Å². The average Bonchev–Trinajstić information content (AvgIpc) is 2.59. The summed E-state index contributed by atoms with van der Waals surface area (Å²) < 4.78 is 1.65. The van der Waals surface area contributed by atoms with Crippen LogP contribution in [0.3, 0.4) is 0 Å². The van der Waals surface area contributed by atoms with Crippen molar-refractivity contribution >= 4 is 6.21 Å². The van der Waals surface area contributed by atoms with Gasteiger partial charge in [-0.15, -0.1) is 0 Å². The number of benzene rings is 1. The van der Waals surface area contributed by atoms with Crippen molar-refractivity contribution in [2.75, 3.05) is 0 Å². The van der Waals surface area contributed by atoms with E-state index in [1.165, 1.54) is 6.21 Å². The maximum absolute atomic E-state index is 9.77. The molecule has 4 nitrogen and oxygen atoms in total. The van der Waals surface area contributed by atoms with Crippen LogP contribution in [0.15, 0.2) is 41.6 Å². The summed E-state index contributed by atoms with van der Waals surface area (Å²) in [6, 6.07) is 11.5. The molecule has 0 aliphatic rings. The van der Waals surface area contributed by atoms with E-state index in [-0.39, 0.29) is 5.88 Å². The van der Waals surface area contributed by atoms with Crippen molar-refractivity contribution in [3.05, 3.63) is 42.0 Å². The lowest BCUT2D eigenvalue weighted by molar-refractivity contribution is 0.321. The first-order valence-electron chi connectivity index (χ1n) is 4.85. The number of rotatable bonds is 2. The molecule has 0 aliphatic heterocycles. The van der Waals surface area contributed by atoms with Gasteiger partial charge in [0.15, 0.2) is 5.88 Å². The molecule has 0 aliphatic carbocycles. The van der Waals surface area contributed by atoms with E-state index < -0.39 is 0 Å². The second-order valence-electron chi connectivity index (χ2n) is 3.48. The maximum atomic E-state index is 9.77. The Balaban J connectivity index is 2.55. The van der Waals surface area contributed by atoms with E-state index in [0.29, 0.717) is 5.56 Å². The van der Waals surface area contributed by atoms with Crippen LogP contribution in [0.2, 0.25) is 0 Å². The molecule has 0 fully saturated rings. The quantitative estimate of drug-likeness (QED) is 0.459. The third kappa shape index (κ3) is 1.65. The number of hydrogen-bond acceptors (Lipinski definition) is 3. The lowest BCUT2D eigenvalue weighted by Gasteiger charge is -2.03. The van der Waals surface area contributed by atoms with E-state index in [2.05, 4.69) is 5.16 Å². The number of nitrogens with zero attached hydrogens (tertiary/aromatic N) is 2. The summed E-state index contributed by atoms with van der Waals surface area (Å²) in [5, 5.41) is 21.2. The van der Waals surface area contributed by atoms with Crippen molar-refractivity contribution < 1.29 is 10.3 Å². The highest BCUT2D eigenvalue weighted by molar-refractivity contribution is 5.85. The second-order valence-corrected chi connectivity index (χ2v) is 3.48. The van der Waals surface area contributed by atoms with Crippen LogP contribution in [-0.2, 0) is 7.05 Å². The fourth-order valence-corrected chi connectivity index (χ4v) is 1.66. The first-order valence-corrected chi connectivity index (χ1v) is 4.85. The summed E-state index contributed by atoms with van der Waals surface area (Å²) >= 11 is 0. The minimum atomic E-state index is 0.0802. The molecule has 82 valence electrons. The summed E-state index contributed by atoms with van der Waals surface area (Å²) in [5.41, 5.74) is 2.36. The third-order valence-electron chi connectivity index (χ3n) is 2.50. The molecule has 0 unspecified atom stereocenters. The summed E-state index contributed by atoms with van der Waals surface area (Å²) in [7, 11) is 1.76. The predicted octanol–water partition coefficient (Wildman–Crippen LogP) is 2.21. The van der Waals surface area contributed by atoms with E-state index in [0.717, 1.165) is 11.3 Å². The highest BCUT2D eigenvalue weighted by Gasteiger charge is 2.11. The SMILES string of the molecule is Cn1c(-c2ccccc2)cc(/C=N/O)c1O. The van der Waals surface area contributed by atoms with Gasteiger partial charge in [-0.1, -0.05) is 35.5 Å². The van der Waals surface area contributed by atoms with E-state index in [4.69, 9.17) is 5.21 Å². The van der Waals surface area contributed by atoms with Gasteiger partial charge < -0.3 is 14.9 Å². The van der Waals surface area contributed by atoms with Crippen LogP contribution >= 0.6 is 0 Å². The second kappa shape index (κ2) is 4.10. The first kappa shape index (κ1) is 10.3. The number of aromatic hydroxyl groups is 1. The molecular formula is C12H12N2O2. The molecule has 16 heavy (non-hydrogen) atoms. The monoisotopic (exact) mass is 216 g/mol. The third-order valence-corrected chi connectivity index (χ3v) is 2.50. The van der Waals surface area contributed by atoms with Crippen molar-refractivity contribution in [3.8, 4) is 17.1 Å². The molecule has 0 spiro atoms. The molecule has 0 bridgehead atoms. The minimum Gasteiger partial charge on any atom is -0.494 e. The van der Waals surface area contributed by atoms with Gasteiger partial charge in [0.1, 0.15) is 0 Å². The largest absolute Gasteiger partial charge is 0.494 e. The lowest BCUT2D eigenvalue weighted by atomic mass is 10.1. The van der Waals surface area contributed by atoms with Crippen molar-refractivity contribution in [2.24, 2.45) is 12.2 Å². The fourth-order valence-electron chi connectivity index (χ4n) is 1.66. The van der Waals surface area contributed by atoms with Gasteiger partial charge in [-0.3, -0.25) is 0 Å². The van der Waals surface area contributed by atoms with Crippen molar-refractivity contribution in [3.63, 3.8) is 0 Å². The van der Waals surface area contributed by atoms with Crippen LogP contribution in [0.25, 0.3) is 11.3 Å². The Kier molecular flexibility index (Phi) is 2.64. The van der Waals surface area contributed by atoms with Gasteiger partial charge >= 0.3 is 0 Å². The molecule has 0 amide bonds. The van der Waals surface area contributed by atoms with Gasteiger partial charge in [0.2, 0.25) is 0 Å². The summed E-state index contributed by atoms with van der Waals surface area (Å²) in [6.45, 7) is 0. The highest BCUT2D eigenvalue weighted by Crippen LogP contribution is 2.27. The zero-order chi connectivity index (χ0) is 11.5. The Morgan fingerprint density at radius 2 is 1.94 bits per heavy atom. The molecular weight excluding hydrogens is 204 g/mol. The van der Waals surface area contributed by atoms with Crippen molar-refractivity contribution in [1.82, 2.24) is 4.57 Å². The van der Waals surface area contributed by atoms with Crippen LogP contribution in [0.4, 0.5) is 0 Å². The zero-order valence-electron chi connectivity index (χ0n) is 8.83. The van der Waals surface area contributed by atoms with Gasteiger partial charge in [0.25, 0.3) is 0 Å². The van der Waals surface area contributed by atoms with Crippen molar-refractivity contribution in [2.45, 2.75) is 0 Å². The minimum absolute atomic E-state index is 0.0802. The maximum Gasteiger partial charge on any atom is 0.200 e. The van der Waals surface area contributed by atoms with Crippen LogP contribution < -0.4 is 0 Å². The first-order chi connectivity index (χ1) is 7.74. The van der Waals surface area contributed by atoms with Crippen molar-refractivity contribution in [1.29, 1.82) is 0 Å². The van der Waals surface area contributed by atoms with Gasteiger partial charge in [0.05, 0.1) is 17.5 Å². The fraction of sp³-hybridized carbons (Fsp3) is 0.0833. The standard InChI is InChI=1S/C12H12N2O2/c1-14-11(9-5-3-2-4-6-9)7-10(8-13-16)12(14)15/h2-8,15-16H,1H3/b13-8+. The van der Waals surface area contributed by atoms with Gasteiger partial charge in [0, 0.05) is 7.05 Å². The zero-order valence-corrected chi connectivity index (χ0v) is 8.83. The molecule has 2 aromatic rings. The van der Waals surface area contributed by atoms with Crippen LogP contribution in [0.1, 0.15) is 5.56 Å². The molecule has 4 heteroatoms. The van der Waals surface area contributed by atoms with Crippen LogP contribution in [0, 0.1) is 0 Å². The summed E-state index contributed by atoms with van der Waals surface area (Å²) in [5.74, 6) is 0.0802. The average molecular weight is 216 g/mol. The summed E-state index contributed by atoms with van der Waals surface area (Å²) in [6.07, 6.45) is 1.21. The summed E-state index contributed by atoms with van der Waals surface area (Å²) in [4.78, 5) is 0. The Bertz CT molecular complexity index is 515. The topological polar surface area (TPSA) is 57.8 Å². The molecule has 0 saturated heterocycles. The molecule has 0 radical (unpaired) electrons. The Morgan fingerprint density at radius 1 is 1.25 bits per heavy atom. The predicted molar refractivity (Wildman–Crippen MR) is 61.9 cm³/mol. The van der Waals surface area contributed by atoms with Gasteiger partial charge in [-0.25, -0.2) is 0 Å². The molecule has 0 atom stereocenters. The van der Waals surface area contributed by atoms with Gasteiger partial charge in [-0.2, -0.15) is 0 Å². The number of hydrogen-bond donors (Lipinski definition) is 2. The van der Waals surface area contributed by atoms with Gasteiger partial charge in [-0.05, 0) is 11.6 Å². The Morgan fingerprint density at radius 3 is 2.56 bits per heavy atom. The molecule has 0 saturated carbocycles. The molecule has 1 aromatic heterocycles. The number of aromatic nitrogens is 1. The number of oxime groups is 1. The van der Waals surface area contributed by atoms with Crippen LogP contribution in [-0.4, -0.2) is 21.1 Å². The smallest absolute Gasteiger partial charge is 0.200 e. The van der Waals surface area contributed by atoms with E-state index >= 15 is 0 Å². The normalized spacial score (nSPS) is 11.1. The van der Waals surface area contributed by atoms with E-state index in [9.17, 15) is 5.11 Å². The molecule has 1 heterocycles. The highest BCUT2D eigenvalue weighted by atomic mass is 16.4. The van der Waals surface area contributed by atoms with E-state index in [1.54, 1.807) is 17.7 Å². The molecule has 2 N–H and O–H groups in total. The van der Waals surface area contributed by atoms with Crippen LogP contribution in [0.5, 0.6) is 5.88 Å². The Hall–Kier alpha value is -2.23.